The molecule has 0 bridgehead atoms. The second-order valence-electron chi connectivity index (χ2n) is 3.39. The molecule has 0 heterocycles. The van der Waals surface area contributed by atoms with Crippen molar-refractivity contribution >= 4 is 5.78 Å². The first-order valence-electron chi connectivity index (χ1n) is 4.08. The Morgan fingerprint density at radius 2 is 2.00 bits per heavy atom. The quantitative estimate of drug-likeness (QED) is 0.612. The van der Waals surface area contributed by atoms with Crippen molar-refractivity contribution < 1.29 is 9.53 Å². The third-order valence-electron chi connectivity index (χ3n) is 1.58. The number of hydrogen-bond donors (Lipinski definition) is 0. The SMILES string of the molecule is COC(CC(C)=O)CC(C)C. The first kappa shape index (κ1) is 10.6. The van der Waals surface area contributed by atoms with E-state index in [1.54, 1.807) is 14.0 Å². The molecule has 0 aliphatic rings. The van der Waals surface area contributed by atoms with Crippen molar-refractivity contribution in [1.82, 2.24) is 0 Å². The smallest absolute Gasteiger partial charge is 0.132 e. The van der Waals surface area contributed by atoms with Gasteiger partial charge in [0.1, 0.15) is 5.78 Å². The average Bonchev–Trinajstić information content (AvgIpc) is 1.84. The van der Waals surface area contributed by atoms with Gasteiger partial charge in [-0.05, 0) is 19.3 Å². The molecule has 0 saturated heterocycles. The van der Waals surface area contributed by atoms with Crippen LogP contribution in [0.1, 0.15) is 33.6 Å². The van der Waals surface area contributed by atoms with E-state index in [2.05, 4.69) is 13.8 Å². The van der Waals surface area contributed by atoms with Gasteiger partial charge < -0.3 is 4.74 Å². The molecule has 0 rings (SSSR count). The van der Waals surface area contributed by atoms with Crippen molar-refractivity contribution in [3.05, 3.63) is 0 Å². The van der Waals surface area contributed by atoms with Crippen molar-refractivity contribution in [2.75, 3.05) is 7.11 Å². The Kier molecular flexibility index (Phi) is 5.12. The van der Waals surface area contributed by atoms with Gasteiger partial charge in [-0.3, -0.25) is 4.79 Å². The zero-order valence-corrected chi connectivity index (χ0v) is 7.89. The second kappa shape index (κ2) is 5.30. The van der Waals surface area contributed by atoms with Crippen LogP contribution in [-0.2, 0) is 9.53 Å². The first-order chi connectivity index (χ1) is 5.06. The van der Waals surface area contributed by atoms with Gasteiger partial charge >= 0.3 is 0 Å². The number of methoxy groups -OCH3 is 1. The minimum Gasteiger partial charge on any atom is -0.381 e. The van der Waals surface area contributed by atoms with Crippen LogP contribution in [-0.4, -0.2) is 19.0 Å². The maximum Gasteiger partial charge on any atom is 0.132 e. The number of Topliss-reactive ketones (excluding diaryl/α,β-unsaturated/α-hetero) is 1. The van der Waals surface area contributed by atoms with Crippen LogP contribution in [0.2, 0.25) is 0 Å². The number of hydrogen-bond acceptors (Lipinski definition) is 2. The Morgan fingerprint density at radius 3 is 2.27 bits per heavy atom. The van der Waals surface area contributed by atoms with Gasteiger partial charge in [-0.15, -0.1) is 0 Å². The maximum atomic E-state index is 10.7. The average molecular weight is 158 g/mol. The lowest BCUT2D eigenvalue weighted by Crippen LogP contribution is -2.16. The molecule has 0 N–H and O–H groups in total. The van der Waals surface area contributed by atoms with E-state index in [9.17, 15) is 4.79 Å². The van der Waals surface area contributed by atoms with Gasteiger partial charge in [-0.1, -0.05) is 13.8 Å². The summed E-state index contributed by atoms with van der Waals surface area (Å²) in [7, 11) is 1.66. The number of rotatable bonds is 5. The van der Waals surface area contributed by atoms with Gasteiger partial charge in [0.15, 0.2) is 0 Å². The fraction of sp³-hybridized carbons (Fsp3) is 0.889. The van der Waals surface area contributed by atoms with E-state index in [1.807, 2.05) is 0 Å². The summed E-state index contributed by atoms with van der Waals surface area (Å²) < 4.78 is 5.15. The molecular weight excluding hydrogens is 140 g/mol. The van der Waals surface area contributed by atoms with Crippen molar-refractivity contribution in [2.24, 2.45) is 5.92 Å². The summed E-state index contributed by atoms with van der Waals surface area (Å²) in [4.78, 5) is 10.7. The summed E-state index contributed by atoms with van der Waals surface area (Å²) in [6.45, 7) is 5.87. The van der Waals surface area contributed by atoms with Crippen LogP contribution in [0.25, 0.3) is 0 Å². The summed E-state index contributed by atoms with van der Waals surface area (Å²) in [6.07, 6.45) is 1.64. The zero-order valence-electron chi connectivity index (χ0n) is 7.89. The van der Waals surface area contributed by atoms with Crippen molar-refractivity contribution in [3.8, 4) is 0 Å². The Bertz CT molecular complexity index is 119. The van der Waals surface area contributed by atoms with Crippen LogP contribution >= 0.6 is 0 Å². The fourth-order valence-electron chi connectivity index (χ4n) is 1.11. The van der Waals surface area contributed by atoms with Crippen molar-refractivity contribution in [3.63, 3.8) is 0 Å². The van der Waals surface area contributed by atoms with Gasteiger partial charge in [0.2, 0.25) is 0 Å². The highest BCUT2D eigenvalue weighted by atomic mass is 16.5. The van der Waals surface area contributed by atoms with Crippen LogP contribution < -0.4 is 0 Å². The number of carbonyl (C=O) groups is 1. The fourth-order valence-corrected chi connectivity index (χ4v) is 1.11. The van der Waals surface area contributed by atoms with E-state index in [1.165, 1.54) is 0 Å². The molecule has 11 heavy (non-hydrogen) atoms. The molecule has 2 nitrogen and oxygen atoms in total. The maximum absolute atomic E-state index is 10.7. The predicted molar refractivity (Wildman–Crippen MR) is 45.6 cm³/mol. The van der Waals surface area contributed by atoms with Gasteiger partial charge in [-0.2, -0.15) is 0 Å². The molecule has 1 atom stereocenters. The zero-order chi connectivity index (χ0) is 8.85. The van der Waals surface area contributed by atoms with E-state index in [4.69, 9.17) is 4.74 Å². The van der Waals surface area contributed by atoms with Gasteiger partial charge in [0, 0.05) is 13.5 Å². The van der Waals surface area contributed by atoms with E-state index in [0.29, 0.717) is 12.3 Å². The largest absolute Gasteiger partial charge is 0.381 e. The van der Waals surface area contributed by atoms with Gasteiger partial charge in [0.25, 0.3) is 0 Å². The number of ether oxygens (including phenoxy) is 1. The molecule has 0 radical (unpaired) electrons. The molecule has 0 fully saturated rings. The third-order valence-corrected chi connectivity index (χ3v) is 1.58. The van der Waals surface area contributed by atoms with E-state index >= 15 is 0 Å². The Labute approximate surface area is 68.9 Å². The monoisotopic (exact) mass is 158 g/mol. The molecule has 0 spiro atoms. The van der Waals surface area contributed by atoms with Crippen LogP contribution in [0.4, 0.5) is 0 Å². The van der Waals surface area contributed by atoms with Crippen molar-refractivity contribution in [1.29, 1.82) is 0 Å². The standard InChI is InChI=1S/C9H18O2/c1-7(2)5-9(11-4)6-8(3)10/h7,9H,5-6H2,1-4H3. The summed E-state index contributed by atoms with van der Waals surface area (Å²) >= 11 is 0. The molecule has 0 aromatic carbocycles. The van der Waals surface area contributed by atoms with E-state index < -0.39 is 0 Å². The molecule has 0 aromatic heterocycles. The normalized spacial score (nSPS) is 13.5. The van der Waals surface area contributed by atoms with Crippen LogP contribution in [0.15, 0.2) is 0 Å². The van der Waals surface area contributed by atoms with E-state index in [-0.39, 0.29) is 11.9 Å². The Balaban J connectivity index is 3.66. The van der Waals surface area contributed by atoms with E-state index in [0.717, 1.165) is 6.42 Å². The molecule has 0 aliphatic heterocycles. The van der Waals surface area contributed by atoms with Gasteiger partial charge in [-0.25, -0.2) is 0 Å². The minimum absolute atomic E-state index is 0.118. The number of carbonyl (C=O) groups excluding carboxylic acids is 1. The Morgan fingerprint density at radius 1 is 1.45 bits per heavy atom. The molecule has 0 amide bonds. The molecule has 66 valence electrons. The molecule has 0 aliphatic carbocycles. The van der Waals surface area contributed by atoms with Crippen molar-refractivity contribution in [2.45, 2.75) is 39.7 Å². The van der Waals surface area contributed by atoms with Crippen LogP contribution in [0.5, 0.6) is 0 Å². The molecule has 0 saturated carbocycles. The predicted octanol–water partition coefficient (Wildman–Crippen LogP) is 2.03. The lowest BCUT2D eigenvalue weighted by molar-refractivity contribution is -0.119. The lowest BCUT2D eigenvalue weighted by atomic mass is 10.0. The summed E-state index contributed by atoms with van der Waals surface area (Å²) in [5, 5.41) is 0. The summed E-state index contributed by atoms with van der Waals surface area (Å²) in [5.74, 6) is 0.803. The summed E-state index contributed by atoms with van der Waals surface area (Å²) in [6, 6.07) is 0. The topological polar surface area (TPSA) is 26.3 Å². The molecule has 1 unspecified atom stereocenters. The van der Waals surface area contributed by atoms with Gasteiger partial charge in [0.05, 0.1) is 6.10 Å². The highest BCUT2D eigenvalue weighted by molar-refractivity contribution is 5.75. The van der Waals surface area contributed by atoms with Crippen LogP contribution in [0.3, 0.4) is 0 Å². The molecule has 0 aromatic rings. The first-order valence-corrected chi connectivity index (χ1v) is 4.08. The second-order valence-corrected chi connectivity index (χ2v) is 3.39. The lowest BCUT2D eigenvalue weighted by Gasteiger charge is -2.15. The third kappa shape index (κ3) is 6.05. The molecule has 2 heteroatoms. The summed E-state index contributed by atoms with van der Waals surface area (Å²) in [5.41, 5.74) is 0. The highest BCUT2D eigenvalue weighted by Gasteiger charge is 2.11. The van der Waals surface area contributed by atoms with Crippen LogP contribution in [0, 0.1) is 5.92 Å². The Hall–Kier alpha value is -0.370. The minimum atomic E-state index is 0.118. The highest BCUT2D eigenvalue weighted by Crippen LogP contribution is 2.10. The number of ketones is 1. The molecular formula is C9H18O2.